The highest BCUT2D eigenvalue weighted by molar-refractivity contribution is 6.43. The van der Waals surface area contributed by atoms with E-state index in [2.05, 4.69) is 5.10 Å². The highest BCUT2D eigenvalue weighted by Gasteiger charge is 2.04. The first-order chi connectivity index (χ1) is 7.56. The zero-order valence-corrected chi connectivity index (χ0v) is 9.50. The normalized spacial score (nSPS) is 10.1. The predicted molar refractivity (Wildman–Crippen MR) is 63.4 cm³/mol. The second kappa shape index (κ2) is 5.35. The van der Waals surface area contributed by atoms with E-state index in [1.165, 1.54) is 6.21 Å². The van der Waals surface area contributed by atoms with Gasteiger partial charge in [-0.1, -0.05) is 35.3 Å². The highest BCUT2D eigenvalue weighted by atomic mass is 35.5. The number of hydrogen-bond donors (Lipinski definition) is 2. The highest BCUT2D eigenvalue weighted by Crippen LogP contribution is 2.24. The largest absolute Gasteiger partial charge is 0.368 e. The Morgan fingerprint density at radius 1 is 1.56 bits per heavy atom. The molecule has 0 aliphatic rings. The third-order valence-corrected chi connectivity index (χ3v) is 2.45. The van der Waals surface area contributed by atoms with Gasteiger partial charge in [0.1, 0.15) is 0 Å². The van der Waals surface area contributed by atoms with Gasteiger partial charge in [-0.2, -0.15) is 10.4 Å². The van der Waals surface area contributed by atoms with Gasteiger partial charge in [0.25, 0.3) is 0 Å². The number of nitrogens with one attached hydrogen (secondary N) is 1. The Kier molecular flexibility index (Phi) is 4.11. The van der Waals surface area contributed by atoms with E-state index in [0.717, 1.165) is 0 Å². The van der Waals surface area contributed by atoms with Crippen molar-refractivity contribution in [2.75, 3.05) is 0 Å². The summed E-state index contributed by atoms with van der Waals surface area (Å²) < 4.78 is 0. The summed E-state index contributed by atoms with van der Waals surface area (Å²) in [4.78, 5) is 0. The van der Waals surface area contributed by atoms with Gasteiger partial charge in [0.05, 0.1) is 16.3 Å². The molecule has 0 fully saturated rings. The molecule has 1 aromatic carbocycles. The Bertz CT molecular complexity index is 477. The number of halogens is 2. The molecule has 0 atom stereocenters. The fraction of sp³-hybridized carbons (Fsp3) is 0. The zero-order chi connectivity index (χ0) is 12.1. The van der Waals surface area contributed by atoms with Gasteiger partial charge in [0, 0.05) is 5.56 Å². The average molecular weight is 256 g/mol. The van der Waals surface area contributed by atoms with Crippen LogP contribution in [0.3, 0.4) is 0 Å². The molecule has 1 aromatic rings. The van der Waals surface area contributed by atoms with Crippen LogP contribution in [-0.4, -0.2) is 17.2 Å². The summed E-state index contributed by atoms with van der Waals surface area (Å²) in [7, 11) is 0. The zero-order valence-electron chi connectivity index (χ0n) is 7.98. The molecule has 3 N–H and O–H groups in total. The second-order valence-electron chi connectivity index (χ2n) is 2.68. The van der Waals surface area contributed by atoms with E-state index in [0.29, 0.717) is 20.6 Å². The van der Waals surface area contributed by atoms with Crippen molar-refractivity contribution >= 4 is 35.4 Å². The average Bonchev–Trinajstić information content (AvgIpc) is 2.24. The fourth-order valence-corrected chi connectivity index (χ4v) is 1.24. The molecule has 5 nitrogen and oxygen atoms in total. The van der Waals surface area contributed by atoms with Crippen LogP contribution in [0, 0.1) is 16.9 Å². The molecule has 0 spiro atoms. The third-order valence-electron chi connectivity index (χ3n) is 1.62. The topological polar surface area (TPSA) is 89.3 Å². The van der Waals surface area contributed by atoms with Crippen LogP contribution in [-0.2, 0) is 0 Å². The molecule has 0 aliphatic heterocycles. The van der Waals surface area contributed by atoms with Crippen molar-refractivity contribution in [1.82, 2.24) is 5.01 Å². The molecular weight excluding hydrogens is 249 g/mol. The van der Waals surface area contributed by atoms with E-state index in [1.54, 1.807) is 24.4 Å². The number of guanidine groups is 1. The Morgan fingerprint density at radius 2 is 2.25 bits per heavy atom. The Hall–Kier alpha value is -1.77. The van der Waals surface area contributed by atoms with Crippen LogP contribution in [0.5, 0.6) is 0 Å². The van der Waals surface area contributed by atoms with Gasteiger partial charge in [-0.3, -0.25) is 5.41 Å². The second-order valence-corrected chi connectivity index (χ2v) is 3.47. The molecule has 1 rings (SSSR count). The number of nitrogens with zero attached hydrogens (tertiary/aromatic N) is 3. The molecule has 0 saturated heterocycles. The first-order valence-corrected chi connectivity index (χ1v) is 4.83. The van der Waals surface area contributed by atoms with Crippen LogP contribution < -0.4 is 5.73 Å². The first-order valence-electron chi connectivity index (χ1n) is 4.08. The van der Waals surface area contributed by atoms with E-state index in [1.807, 2.05) is 0 Å². The number of nitrogens with two attached hydrogens (primary N) is 1. The summed E-state index contributed by atoms with van der Waals surface area (Å²) in [6, 6.07) is 5.00. The molecule has 7 heteroatoms. The van der Waals surface area contributed by atoms with E-state index in [4.69, 9.17) is 39.6 Å². The van der Waals surface area contributed by atoms with Crippen molar-refractivity contribution < 1.29 is 0 Å². The molecule has 0 aliphatic carbocycles. The van der Waals surface area contributed by atoms with Crippen molar-refractivity contribution in [2.24, 2.45) is 10.8 Å². The minimum atomic E-state index is -0.475. The molecule has 0 amide bonds. The third kappa shape index (κ3) is 2.86. The molecule has 0 radical (unpaired) electrons. The van der Waals surface area contributed by atoms with E-state index in [-0.39, 0.29) is 0 Å². The van der Waals surface area contributed by atoms with Crippen LogP contribution >= 0.6 is 23.2 Å². The lowest BCUT2D eigenvalue weighted by molar-refractivity contribution is 0.613. The van der Waals surface area contributed by atoms with Crippen molar-refractivity contribution in [1.29, 1.82) is 10.7 Å². The monoisotopic (exact) mass is 255 g/mol. The van der Waals surface area contributed by atoms with Gasteiger partial charge >= 0.3 is 0 Å². The summed E-state index contributed by atoms with van der Waals surface area (Å²) in [5.74, 6) is -0.475. The van der Waals surface area contributed by atoms with Gasteiger partial charge < -0.3 is 5.73 Å². The van der Waals surface area contributed by atoms with Gasteiger partial charge in [-0.15, -0.1) is 5.01 Å². The fourth-order valence-electron chi connectivity index (χ4n) is 0.882. The molecule has 16 heavy (non-hydrogen) atoms. The van der Waals surface area contributed by atoms with Crippen molar-refractivity contribution in [3.63, 3.8) is 0 Å². The maximum Gasteiger partial charge on any atom is 0.224 e. The van der Waals surface area contributed by atoms with Gasteiger partial charge in [-0.25, -0.2) is 0 Å². The SMILES string of the molecule is N#CN(/N=C\c1cccc(Cl)c1Cl)C(=N)N. The molecular formula is C9H7Cl2N5. The first kappa shape index (κ1) is 12.3. The summed E-state index contributed by atoms with van der Waals surface area (Å²) in [5.41, 5.74) is 5.63. The summed E-state index contributed by atoms with van der Waals surface area (Å²) in [5, 5.41) is 20.6. The molecule has 82 valence electrons. The van der Waals surface area contributed by atoms with E-state index in [9.17, 15) is 0 Å². The van der Waals surface area contributed by atoms with E-state index >= 15 is 0 Å². The number of hydrogen-bond acceptors (Lipinski definition) is 3. The Morgan fingerprint density at radius 3 is 2.81 bits per heavy atom. The minimum Gasteiger partial charge on any atom is -0.368 e. The lowest BCUT2D eigenvalue weighted by Crippen LogP contribution is -2.27. The van der Waals surface area contributed by atoms with Crippen LogP contribution in [0.1, 0.15) is 5.56 Å². The van der Waals surface area contributed by atoms with Crippen LogP contribution in [0.4, 0.5) is 0 Å². The molecule has 0 unspecified atom stereocenters. The van der Waals surface area contributed by atoms with Crippen molar-refractivity contribution in [3.8, 4) is 6.19 Å². The number of benzene rings is 1. The lowest BCUT2D eigenvalue weighted by Gasteiger charge is -2.05. The van der Waals surface area contributed by atoms with Crippen LogP contribution in [0.2, 0.25) is 10.0 Å². The van der Waals surface area contributed by atoms with Gasteiger partial charge in [0.15, 0.2) is 0 Å². The van der Waals surface area contributed by atoms with E-state index < -0.39 is 5.96 Å². The molecule has 0 bridgehead atoms. The summed E-state index contributed by atoms with van der Waals surface area (Å²) in [6.45, 7) is 0. The van der Waals surface area contributed by atoms with Gasteiger partial charge in [0.2, 0.25) is 12.2 Å². The maximum atomic E-state index is 8.58. The van der Waals surface area contributed by atoms with Crippen LogP contribution in [0.15, 0.2) is 23.3 Å². The Labute approximate surface area is 102 Å². The lowest BCUT2D eigenvalue weighted by atomic mass is 10.2. The molecule has 0 aromatic heterocycles. The molecule has 0 heterocycles. The van der Waals surface area contributed by atoms with Crippen molar-refractivity contribution in [2.45, 2.75) is 0 Å². The smallest absolute Gasteiger partial charge is 0.224 e. The number of nitriles is 1. The number of rotatable bonds is 2. The molecule has 0 saturated carbocycles. The standard InChI is InChI=1S/C9H7Cl2N5/c10-7-3-1-2-6(8(7)11)4-15-16(5-12)9(13)14/h1-4H,(H3,13,14)/b15-4-. The summed E-state index contributed by atoms with van der Waals surface area (Å²) in [6.07, 6.45) is 2.92. The minimum absolute atomic E-state index is 0.328. The quantitative estimate of drug-likeness (QED) is 0.279. The predicted octanol–water partition coefficient (Wildman–Crippen LogP) is 2.00. The summed E-state index contributed by atoms with van der Waals surface area (Å²) >= 11 is 11.7. The maximum absolute atomic E-state index is 8.58. The van der Waals surface area contributed by atoms with Gasteiger partial charge in [-0.05, 0) is 6.07 Å². The Balaban J connectivity index is 2.97. The van der Waals surface area contributed by atoms with Crippen LogP contribution in [0.25, 0.3) is 0 Å². The number of hydrazone groups is 1. The van der Waals surface area contributed by atoms with Crippen molar-refractivity contribution in [3.05, 3.63) is 33.8 Å².